The van der Waals surface area contributed by atoms with Gasteiger partial charge in [0.25, 0.3) is 0 Å². The van der Waals surface area contributed by atoms with Gasteiger partial charge in [-0.3, -0.25) is 0 Å². The Bertz CT molecular complexity index is 461. The van der Waals surface area contributed by atoms with Crippen LogP contribution in [0.1, 0.15) is 27.2 Å². The molecule has 1 N–H and O–H groups in total. The summed E-state index contributed by atoms with van der Waals surface area (Å²) in [5.74, 6) is 0. The fraction of sp³-hybridized carbons (Fsp3) is 0.538. The molecule has 96 valence electrons. The topological polar surface area (TPSA) is 46.2 Å². The van der Waals surface area contributed by atoms with Gasteiger partial charge in [0, 0.05) is 18.5 Å². The first-order valence-corrected chi connectivity index (χ1v) is 7.68. The maximum atomic E-state index is 11.3. The van der Waals surface area contributed by atoms with Crippen LogP contribution in [0.5, 0.6) is 0 Å². The molecule has 0 spiro atoms. The number of nitrogens with one attached hydrogen (secondary N) is 1. The molecule has 1 rings (SSSR count). The Hall–Kier alpha value is -1.03. The SMILES string of the molecule is CCC(C)(C)CNc1ccc(S(C)(=O)=O)cc1. The zero-order chi connectivity index (χ0) is 13.1. The highest BCUT2D eigenvalue weighted by Crippen LogP contribution is 2.21. The highest BCUT2D eigenvalue weighted by atomic mass is 32.2. The molecular formula is C13H21NO2S. The molecule has 0 aliphatic carbocycles. The minimum Gasteiger partial charge on any atom is -0.385 e. The van der Waals surface area contributed by atoms with Crippen molar-refractivity contribution in [3.8, 4) is 0 Å². The van der Waals surface area contributed by atoms with E-state index in [1.807, 2.05) is 12.1 Å². The Morgan fingerprint density at radius 2 is 1.71 bits per heavy atom. The Morgan fingerprint density at radius 3 is 2.12 bits per heavy atom. The van der Waals surface area contributed by atoms with Crippen molar-refractivity contribution in [3.63, 3.8) is 0 Å². The number of hydrogen-bond donors (Lipinski definition) is 1. The van der Waals surface area contributed by atoms with E-state index in [-0.39, 0.29) is 5.41 Å². The van der Waals surface area contributed by atoms with Crippen molar-refractivity contribution in [1.82, 2.24) is 0 Å². The molecule has 0 aliphatic rings. The van der Waals surface area contributed by atoms with Gasteiger partial charge >= 0.3 is 0 Å². The summed E-state index contributed by atoms with van der Waals surface area (Å²) in [5, 5.41) is 3.32. The lowest BCUT2D eigenvalue weighted by Crippen LogP contribution is -2.21. The maximum Gasteiger partial charge on any atom is 0.175 e. The molecule has 17 heavy (non-hydrogen) atoms. The largest absolute Gasteiger partial charge is 0.385 e. The number of sulfone groups is 1. The quantitative estimate of drug-likeness (QED) is 0.880. The second-order valence-electron chi connectivity index (χ2n) is 5.17. The van der Waals surface area contributed by atoms with Gasteiger partial charge in [-0.1, -0.05) is 20.8 Å². The summed E-state index contributed by atoms with van der Waals surface area (Å²) in [6.45, 7) is 7.44. The maximum absolute atomic E-state index is 11.3. The van der Waals surface area contributed by atoms with Gasteiger partial charge in [0.1, 0.15) is 0 Å². The summed E-state index contributed by atoms with van der Waals surface area (Å²) in [6, 6.07) is 6.89. The Labute approximate surface area is 104 Å². The number of benzene rings is 1. The van der Waals surface area contributed by atoms with Crippen LogP contribution in [0.15, 0.2) is 29.2 Å². The fourth-order valence-electron chi connectivity index (χ4n) is 1.29. The van der Waals surface area contributed by atoms with Crippen molar-refractivity contribution in [1.29, 1.82) is 0 Å². The van der Waals surface area contributed by atoms with Gasteiger partial charge < -0.3 is 5.32 Å². The van der Waals surface area contributed by atoms with Crippen LogP contribution in [0.4, 0.5) is 5.69 Å². The molecule has 0 unspecified atom stereocenters. The molecule has 0 atom stereocenters. The van der Waals surface area contributed by atoms with Crippen molar-refractivity contribution in [3.05, 3.63) is 24.3 Å². The van der Waals surface area contributed by atoms with Crippen LogP contribution in [0.2, 0.25) is 0 Å². The second-order valence-corrected chi connectivity index (χ2v) is 7.18. The normalized spacial score (nSPS) is 12.5. The standard InChI is InChI=1S/C13H21NO2S/c1-5-13(2,3)10-14-11-6-8-12(9-7-11)17(4,15)16/h6-9,14H,5,10H2,1-4H3. The van der Waals surface area contributed by atoms with E-state index in [2.05, 4.69) is 26.1 Å². The summed E-state index contributed by atoms with van der Waals surface area (Å²) in [6.07, 6.45) is 2.32. The van der Waals surface area contributed by atoms with Crippen molar-refractivity contribution in [2.45, 2.75) is 32.1 Å². The van der Waals surface area contributed by atoms with E-state index in [1.165, 1.54) is 6.26 Å². The summed E-state index contributed by atoms with van der Waals surface area (Å²) in [4.78, 5) is 0.359. The molecule has 0 aromatic heterocycles. The molecule has 0 fully saturated rings. The van der Waals surface area contributed by atoms with Crippen LogP contribution >= 0.6 is 0 Å². The number of anilines is 1. The van der Waals surface area contributed by atoms with Crippen LogP contribution in [0.3, 0.4) is 0 Å². The molecular weight excluding hydrogens is 234 g/mol. The molecule has 0 amide bonds. The zero-order valence-electron chi connectivity index (χ0n) is 10.9. The lowest BCUT2D eigenvalue weighted by Gasteiger charge is -2.23. The van der Waals surface area contributed by atoms with Gasteiger partial charge in [-0.05, 0) is 36.1 Å². The predicted octanol–water partition coefficient (Wildman–Crippen LogP) is 2.94. The summed E-state index contributed by atoms with van der Waals surface area (Å²) in [7, 11) is -3.10. The molecule has 0 heterocycles. The van der Waals surface area contributed by atoms with Gasteiger partial charge in [0.15, 0.2) is 9.84 Å². The molecule has 4 heteroatoms. The Balaban J connectivity index is 2.70. The number of rotatable bonds is 5. The Kier molecular flexibility index (Phi) is 4.20. The third-order valence-electron chi connectivity index (χ3n) is 3.01. The lowest BCUT2D eigenvalue weighted by atomic mass is 9.90. The Morgan fingerprint density at radius 1 is 1.18 bits per heavy atom. The van der Waals surface area contributed by atoms with Gasteiger partial charge in [-0.15, -0.1) is 0 Å². The van der Waals surface area contributed by atoms with Crippen molar-refractivity contribution >= 4 is 15.5 Å². The molecule has 0 saturated heterocycles. The summed E-state index contributed by atoms with van der Waals surface area (Å²) >= 11 is 0. The molecule has 0 radical (unpaired) electrons. The first kappa shape index (κ1) is 14.0. The van der Waals surface area contributed by atoms with E-state index < -0.39 is 9.84 Å². The molecule has 1 aromatic rings. The third kappa shape index (κ3) is 4.38. The van der Waals surface area contributed by atoms with E-state index in [4.69, 9.17) is 0 Å². The smallest absolute Gasteiger partial charge is 0.175 e. The van der Waals surface area contributed by atoms with E-state index in [9.17, 15) is 8.42 Å². The van der Waals surface area contributed by atoms with E-state index >= 15 is 0 Å². The van der Waals surface area contributed by atoms with Gasteiger partial charge in [-0.2, -0.15) is 0 Å². The van der Waals surface area contributed by atoms with Crippen LogP contribution in [-0.2, 0) is 9.84 Å². The molecule has 0 bridgehead atoms. The molecule has 3 nitrogen and oxygen atoms in total. The van der Waals surface area contributed by atoms with Gasteiger partial charge in [0.05, 0.1) is 4.90 Å². The highest BCUT2D eigenvalue weighted by molar-refractivity contribution is 7.90. The highest BCUT2D eigenvalue weighted by Gasteiger charge is 2.14. The molecule has 1 aromatic carbocycles. The summed E-state index contributed by atoms with van der Waals surface area (Å²) < 4.78 is 22.6. The van der Waals surface area contributed by atoms with Gasteiger partial charge in [-0.25, -0.2) is 8.42 Å². The summed E-state index contributed by atoms with van der Waals surface area (Å²) in [5.41, 5.74) is 1.20. The predicted molar refractivity (Wildman–Crippen MR) is 72.1 cm³/mol. The van der Waals surface area contributed by atoms with Crippen LogP contribution in [0.25, 0.3) is 0 Å². The van der Waals surface area contributed by atoms with Crippen LogP contribution in [-0.4, -0.2) is 21.2 Å². The third-order valence-corrected chi connectivity index (χ3v) is 4.14. The first-order valence-electron chi connectivity index (χ1n) is 5.78. The first-order chi connectivity index (χ1) is 7.74. The average Bonchev–Trinajstić information content (AvgIpc) is 2.26. The van der Waals surface area contributed by atoms with Crippen molar-refractivity contribution < 1.29 is 8.42 Å². The van der Waals surface area contributed by atoms with E-state index in [0.717, 1.165) is 18.7 Å². The number of hydrogen-bond acceptors (Lipinski definition) is 3. The minimum absolute atomic E-state index is 0.246. The molecule has 0 aliphatic heterocycles. The van der Waals surface area contributed by atoms with Crippen LogP contribution in [0, 0.1) is 5.41 Å². The van der Waals surface area contributed by atoms with E-state index in [1.54, 1.807) is 12.1 Å². The minimum atomic E-state index is -3.10. The van der Waals surface area contributed by atoms with Gasteiger partial charge in [0.2, 0.25) is 0 Å². The lowest BCUT2D eigenvalue weighted by molar-refractivity contribution is 0.377. The fourth-order valence-corrected chi connectivity index (χ4v) is 1.92. The zero-order valence-corrected chi connectivity index (χ0v) is 11.8. The van der Waals surface area contributed by atoms with E-state index in [0.29, 0.717) is 4.90 Å². The van der Waals surface area contributed by atoms with Crippen LogP contribution < -0.4 is 5.32 Å². The molecule has 0 saturated carbocycles. The average molecular weight is 255 g/mol. The van der Waals surface area contributed by atoms with Crippen molar-refractivity contribution in [2.24, 2.45) is 5.41 Å². The van der Waals surface area contributed by atoms with Crippen molar-refractivity contribution in [2.75, 3.05) is 18.1 Å². The second kappa shape index (κ2) is 5.08. The monoisotopic (exact) mass is 255 g/mol.